The van der Waals surface area contributed by atoms with Gasteiger partial charge in [0.25, 0.3) is 0 Å². The molecule has 0 saturated carbocycles. The van der Waals surface area contributed by atoms with E-state index in [1.807, 2.05) is 36.7 Å². The Bertz CT molecular complexity index is 732. The first kappa shape index (κ1) is 17.5. The Morgan fingerprint density at radius 3 is 2.60 bits per heavy atom. The number of benzene rings is 1. The smallest absolute Gasteiger partial charge is 0.318 e. The lowest BCUT2D eigenvalue weighted by Gasteiger charge is -2.29. The predicted octanol–water partition coefficient (Wildman–Crippen LogP) is 2.45. The zero-order chi connectivity index (χ0) is 17.6. The zero-order valence-corrected chi connectivity index (χ0v) is 15.1. The van der Waals surface area contributed by atoms with Crippen LogP contribution in [0, 0.1) is 0 Å². The van der Waals surface area contributed by atoms with Gasteiger partial charge in [-0.25, -0.2) is 14.8 Å². The highest BCUT2D eigenvalue weighted by atomic mass is 32.2. The third-order valence-electron chi connectivity index (χ3n) is 3.89. The number of nitrogens with zero attached hydrogens (tertiary/aromatic N) is 3. The molecule has 132 valence electrons. The zero-order valence-electron chi connectivity index (χ0n) is 14.3. The molecule has 0 atom stereocenters. The maximum absolute atomic E-state index is 11.4. The number of ether oxygens (including phenoxy) is 1. The average Bonchev–Trinajstić information content (AvgIpc) is 2.68. The molecular formula is C17H21N5O2S. The molecule has 1 aliphatic heterocycles. The van der Waals surface area contributed by atoms with Crippen molar-refractivity contribution in [3.8, 4) is 11.4 Å². The van der Waals surface area contributed by atoms with Gasteiger partial charge in [-0.05, 0) is 30.5 Å². The lowest BCUT2D eigenvalue weighted by atomic mass is 10.2. The van der Waals surface area contributed by atoms with Gasteiger partial charge in [0.2, 0.25) is 0 Å². The minimum absolute atomic E-state index is 0.247. The number of urea groups is 1. The molecule has 2 heterocycles. The Balaban J connectivity index is 1.85. The number of carbonyl (C=O) groups is 1. The second-order valence-electron chi connectivity index (χ2n) is 5.47. The summed E-state index contributed by atoms with van der Waals surface area (Å²) in [6.45, 7) is 3.10. The van der Waals surface area contributed by atoms with E-state index in [9.17, 15) is 4.79 Å². The van der Waals surface area contributed by atoms with Crippen molar-refractivity contribution in [2.75, 3.05) is 49.8 Å². The molecule has 0 unspecified atom stereocenters. The number of anilines is 2. The summed E-state index contributed by atoms with van der Waals surface area (Å²) in [6, 6.07) is 7.24. The van der Waals surface area contributed by atoms with Crippen molar-refractivity contribution in [1.29, 1.82) is 0 Å². The number of aromatic nitrogens is 2. The van der Waals surface area contributed by atoms with Gasteiger partial charge in [-0.1, -0.05) is 0 Å². The Hall–Kier alpha value is -2.32. The number of carbonyl (C=O) groups excluding carboxylic acids is 1. The van der Waals surface area contributed by atoms with Crippen molar-refractivity contribution in [2.24, 2.45) is 0 Å². The van der Waals surface area contributed by atoms with E-state index in [-0.39, 0.29) is 6.03 Å². The highest BCUT2D eigenvalue weighted by molar-refractivity contribution is 7.98. The van der Waals surface area contributed by atoms with Gasteiger partial charge in [0, 0.05) is 37.6 Å². The summed E-state index contributed by atoms with van der Waals surface area (Å²) in [4.78, 5) is 23.9. The second-order valence-corrected chi connectivity index (χ2v) is 6.31. The van der Waals surface area contributed by atoms with Crippen LogP contribution in [0.3, 0.4) is 0 Å². The molecule has 1 aromatic carbocycles. The molecule has 1 fully saturated rings. The van der Waals surface area contributed by atoms with E-state index < -0.39 is 0 Å². The minimum Gasteiger partial charge on any atom is -0.378 e. The van der Waals surface area contributed by atoms with Gasteiger partial charge < -0.3 is 20.3 Å². The summed E-state index contributed by atoms with van der Waals surface area (Å²) in [7, 11) is 1.58. The molecule has 0 radical (unpaired) electrons. The van der Waals surface area contributed by atoms with Crippen LogP contribution in [0.5, 0.6) is 0 Å². The lowest BCUT2D eigenvalue weighted by Crippen LogP contribution is -2.37. The van der Waals surface area contributed by atoms with Crippen molar-refractivity contribution in [3.63, 3.8) is 0 Å². The number of hydrogen-bond acceptors (Lipinski definition) is 6. The Morgan fingerprint density at radius 2 is 1.96 bits per heavy atom. The number of thioether (sulfide) groups is 1. The lowest BCUT2D eigenvalue weighted by molar-refractivity contribution is 0.122. The molecule has 7 nitrogen and oxygen atoms in total. The van der Waals surface area contributed by atoms with Gasteiger partial charge >= 0.3 is 6.03 Å². The largest absolute Gasteiger partial charge is 0.378 e. The quantitative estimate of drug-likeness (QED) is 0.817. The van der Waals surface area contributed by atoms with Crippen LogP contribution in [0.2, 0.25) is 0 Å². The third-order valence-corrected chi connectivity index (χ3v) is 4.62. The van der Waals surface area contributed by atoms with Crippen LogP contribution in [0.1, 0.15) is 0 Å². The van der Waals surface area contributed by atoms with E-state index in [4.69, 9.17) is 9.72 Å². The van der Waals surface area contributed by atoms with E-state index >= 15 is 0 Å². The fraction of sp³-hybridized carbons (Fsp3) is 0.353. The molecule has 1 saturated heterocycles. The topological polar surface area (TPSA) is 79.4 Å². The summed E-state index contributed by atoms with van der Waals surface area (Å²) in [5.41, 5.74) is 1.63. The van der Waals surface area contributed by atoms with Crippen LogP contribution in [0.15, 0.2) is 35.4 Å². The number of rotatable bonds is 4. The number of amides is 2. The summed E-state index contributed by atoms with van der Waals surface area (Å²) < 4.78 is 5.43. The highest BCUT2D eigenvalue weighted by Crippen LogP contribution is 2.29. The van der Waals surface area contributed by atoms with Gasteiger partial charge in [0.05, 0.1) is 18.1 Å². The van der Waals surface area contributed by atoms with E-state index in [0.29, 0.717) is 19.0 Å². The van der Waals surface area contributed by atoms with Crippen LogP contribution < -0.4 is 15.5 Å². The summed E-state index contributed by atoms with van der Waals surface area (Å²) in [5, 5.41) is 5.26. The first-order valence-electron chi connectivity index (χ1n) is 8.04. The molecule has 1 aromatic heterocycles. The molecule has 8 heteroatoms. The van der Waals surface area contributed by atoms with Crippen LogP contribution in [0.4, 0.5) is 16.3 Å². The first-order valence-corrected chi connectivity index (χ1v) is 9.26. The van der Waals surface area contributed by atoms with Gasteiger partial charge in [0.1, 0.15) is 5.82 Å². The number of morpholine rings is 1. The van der Waals surface area contributed by atoms with Gasteiger partial charge in [0.15, 0.2) is 5.82 Å². The summed E-state index contributed by atoms with van der Waals surface area (Å²) in [6.07, 6.45) is 3.90. The monoisotopic (exact) mass is 359 g/mol. The minimum atomic E-state index is -0.247. The Morgan fingerprint density at radius 1 is 1.24 bits per heavy atom. The second kappa shape index (κ2) is 8.17. The van der Waals surface area contributed by atoms with Gasteiger partial charge in [-0.3, -0.25) is 0 Å². The number of hydrogen-bond donors (Lipinski definition) is 2. The van der Waals surface area contributed by atoms with E-state index in [1.54, 1.807) is 18.8 Å². The van der Waals surface area contributed by atoms with Gasteiger partial charge in [-0.2, -0.15) is 0 Å². The maximum atomic E-state index is 11.4. The predicted molar refractivity (Wildman–Crippen MR) is 100 cm³/mol. The normalized spacial score (nSPS) is 14.2. The van der Waals surface area contributed by atoms with Crippen molar-refractivity contribution in [1.82, 2.24) is 15.3 Å². The SMILES string of the molecule is CNC(=O)Nc1ccc(-c2ncc(SC)c(N3CCOCC3)n2)cc1. The van der Waals surface area contributed by atoms with Crippen molar-refractivity contribution >= 4 is 29.3 Å². The molecule has 2 aromatic rings. The van der Waals surface area contributed by atoms with Crippen molar-refractivity contribution < 1.29 is 9.53 Å². The Labute approximate surface area is 151 Å². The summed E-state index contributed by atoms with van der Waals surface area (Å²) >= 11 is 1.64. The van der Waals surface area contributed by atoms with Crippen LogP contribution in [0.25, 0.3) is 11.4 Å². The van der Waals surface area contributed by atoms with Crippen molar-refractivity contribution in [2.45, 2.75) is 4.90 Å². The molecular weight excluding hydrogens is 338 g/mol. The molecule has 2 N–H and O–H groups in total. The van der Waals surface area contributed by atoms with Crippen LogP contribution in [-0.4, -0.2) is 55.6 Å². The molecule has 0 aliphatic carbocycles. The van der Waals surface area contributed by atoms with E-state index in [1.165, 1.54) is 0 Å². The van der Waals surface area contributed by atoms with Crippen LogP contribution in [-0.2, 0) is 4.74 Å². The molecule has 3 rings (SSSR count). The maximum Gasteiger partial charge on any atom is 0.318 e. The van der Waals surface area contributed by atoms with Crippen molar-refractivity contribution in [3.05, 3.63) is 30.5 Å². The molecule has 0 bridgehead atoms. The molecule has 1 aliphatic rings. The van der Waals surface area contributed by atoms with Crippen LogP contribution >= 0.6 is 11.8 Å². The van der Waals surface area contributed by atoms with Gasteiger partial charge in [-0.15, -0.1) is 11.8 Å². The number of nitrogens with one attached hydrogen (secondary N) is 2. The standard InChI is InChI=1S/C17H21N5O2S/c1-18-17(23)20-13-5-3-12(4-6-13)15-19-11-14(25-2)16(21-15)22-7-9-24-10-8-22/h3-6,11H,7-10H2,1-2H3,(H2,18,20,23). The van der Waals surface area contributed by atoms with E-state index in [2.05, 4.69) is 20.5 Å². The summed E-state index contributed by atoms with van der Waals surface area (Å²) in [5.74, 6) is 1.62. The molecule has 0 spiro atoms. The highest BCUT2D eigenvalue weighted by Gasteiger charge is 2.17. The fourth-order valence-electron chi connectivity index (χ4n) is 2.54. The first-order chi connectivity index (χ1) is 12.2. The molecule has 25 heavy (non-hydrogen) atoms. The third kappa shape index (κ3) is 4.21. The Kier molecular flexibility index (Phi) is 5.72. The average molecular weight is 359 g/mol. The fourth-order valence-corrected chi connectivity index (χ4v) is 3.06. The van der Waals surface area contributed by atoms with E-state index in [0.717, 1.165) is 35.1 Å². The molecule has 2 amide bonds.